The number of carbonyl (C=O) groups excluding carboxylic acids is 2. The number of amides is 1. The number of phenolic OH excluding ortho intramolecular Hbond substituents is 1. The first-order valence-electron chi connectivity index (χ1n) is 8.20. The fourth-order valence-electron chi connectivity index (χ4n) is 2.79. The highest BCUT2D eigenvalue weighted by molar-refractivity contribution is 5.95. The van der Waals surface area contributed by atoms with Gasteiger partial charge in [0, 0.05) is 13.1 Å². The summed E-state index contributed by atoms with van der Waals surface area (Å²) in [5.41, 5.74) is 1.64. The van der Waals surface area contributed by atoms with Crippen LogP contribution in [0.15, 0.2) is 12.1 Å². The fraction of sp³-hybridized carbons (Fsp3) is 0.556. The second-order valence-electron chi connectivity index (χ2n) is 6.19. The molecule has 1 saturated heterocycles. The van der Waals surface area contributed by atoms with Gasteiger partial charge in [-0.25, -0.2) is 4.79 Å². The molecular weight excluding hydrogens is 294 g/mol. The van der Waals surface area contributed by atoms with Crippen LogP contribution in [-0.2, 0) is 9.53 Å². The van der Waals surface area contributed by atoms with Crippen molar-refractivity contribution in [2.75, 3.05) is 13.1 Å². The van der Waals surface area contributed by atoms with Crippen molar-refractivity contribution in [2.45, 2.75) is 52.6 Å². The molecule has 1 heterocycles. The van der Waals surface area contributed by atoms with Gasteiger partial charge in [0.25, 0.3) is 5.91 Å². The average Bonchev–Trinajstić information content (AvgIpc) is 2.81. The van der Waals surface area contributed by atoms with Crippen molar-refractivity contribution in [3.05, 3.63) is 28.8 Å². The van der Waals surface area contributed by atoms with Crippen molar-refractivity contribution >= 4 is 11.9 Å². The molecule has 0 saturated carbocycles. The Hall–Kier alpha value is -2.04. The first-order chi connectivity index (χ1) is 10.9. The van der Waals surface area contributed by atoms with Crippen LogP contribution in [0.2, 0.25) is 0 Å². The molecule has 0 spiro atoms. The fourth-order valence-corrected chi connectivity index (χ4v) is 2.79. The molecule has 1 aromatic carbocycles. The van der Waals surface area contributed by atoms with Crippen molar-refractivity contribution in [2.24, 2.45) is 0 Å². The van der Waals surface area contributed by atoms with Gasteiger partial charge in [-0.05, 0) is 50.8 Å². The van der Waals surface area contributed by atoms with E-state index in [2.05, 4.69) is 0 Å². The number of esters is 1. The minimum absolute atomic E-state index is 0.0792. The van der Waals surface area contributed by atoms with Gasteiger partial charge in [0.15, 0.2) is 6.10 Å². The molecule has 0 aromatic heterocycles. The number of rotatable bonds is 3. The summed E-state index contributed by atoms with van der Waals surface area (Å²) >= 11 is 0. The highest BCUT2D eigenvalue weighted by atomic mass is 16.5. The summed E-state index contributed by atoms with van der Waals surface area (Å²) in [6, 6.07) is 3.29. The third-order valence-corrected chi connectivity index (χ3v) is 4.47. The van der Waals surface area contributed by atoms with Crippen molar-refractivity contribution in [3.8, 4) is 5.75 Å². The quantitative estimate of drug-likeness (QED) is 0.870. The Bertz CT molecular complexity index is 589. The predicted octanol–water partition coefficient (Wildman–Crippen LogP) is 2.96. The second-order valence-corrected chi connectivity index (χ2v) is 6.19. The lowest BCUT2D eigenvalue weighted by atomic mass is 10.0. The molecule has 0 radical (unpaired) electrons. The monoisotopic (exact) mass is 319 g/mol. The Morgan fingerprint density at radius 1 is 1.13 bits per heavy atom. The molecule has 0 aliphatic carbocycles. The van der Waals surface area contributed by atoms with Crippen LogP contribution in [0.25, 0.3) is 0 Å². The molecule has 5 heteroatoms. The van der Waals surface area contributed by atoms with Gasteiger partial charge in [0.05, 0.1) is 0 Å². The van der Waals surface area contributed by atoms with Gasteiger partial charge in [0.1, 0.15) is 11.3 Å². The molecule has 1 fully saturated rings. The number of hydrogen-bond donors (Lipinski definition) is 1. The minimum Gasteiger partial charge on any atom is -0.507 e. The zero-order valence-corrected chi connectivity index (χ0v) is 14.1. The number of likely N-dealkylation sites (tertiary alicyclic amines) is 1. The number of phenols is 1. The standard InChI is InChI=1S/C18H25NO4/c1-12-8-9-15(16(20)13(12)2)18(22)23-14(3)17(21)19-10-6-4-5-7-11-19/h8-9,14,20H,4-7,10-11H2,1-3H3. The number of nitrogens with zero attached hydrogens (tertiary/aromatic N) is 1. The van der Waals surface area contributed by atoms with Gasteiger partial charge in [0.2, 0.25) is 0 Å². The van der Waals surface area contributed by atoms with E-state index in [1.807, 2.05) is 6.92 Å². The number of benzene rings is 1. The molecule has 1 aromatic rings. The molecule has 1 aliphatic heterocycles. The molecular formula is C18H25NO4. The van der Waals surface area contributed by atoms with Crippen molar-refractivity contribution in [1.82, 2.24) is 4.90 Å². The summed E-state index contributed by atoms with van der Waals surface area (Å²) in [7, 11) is 0. The molecule has 23 heavy (non-hydrogen) atoms. The van der Waals surface area contributed by atoms with Gasteiger partial charge < -0.3 is 14.7 Å². The molecule has 1 N–H and O–H groups in total. The van der Waals surface area contributed by atoms with E-state index in [-0.39, 0.29) is 17.2 Å². The minimum atomic E-state index is -0.846. The van der Waals surface area contributed by atoms with Crippen LogP contribution in [0, 0.1) is 13.8 Å². The highest BCUT2D eigenvalue weighted by Gasteiger charge is 2.26. The van der Waals surface area contributed by atoms with Crippen LogP contribution in [-0.4, -0.2) is 41.1 Å². The molecule has 1 aliphatic rings. The molecule has 1 unspecified atom stereocenters. The van der Waals surface area contributed by atoms with Crippen LogP contribution in [0.1, 0.15) is 54.1 Å². The first kappa shape index (κ1) is 17.3. The van der Waals surface area contributed by atoms with Crippen LogP contribution < -0.4 is 0 Å². The topological polar surface area (TPSA) is 66.8 Å². The highest BCUT2D eigenvalue weighted by Crippen LogP contribution is 2.26. The van der Waals surface area contributed by atoms with Gasteiger partial charge in [-0.2, -0.15) is 0 Å². The summed E-state index contributed by atoms with van der Waals surface area (Å²) in [4.78, 5) is 26.4. The summed E-state index contributed by atoms with van der Waals surface area (Å²) in [6.07, 6.45) is 3.40. The van der Waals surface area contributed by atoms with Gasteiger partial charge >= 0.3 is 5.97 Å². The maximum Gasteiger partial charge on any atom is 0.342 e. The number of carbonyl (C=O) groups is 2. The van der Waals surface area contributed by atoms with Crippen LogP contribution >= 0.6 is 0 Å². The molecule has 0 bridgehead atoms. The van der Waals surface area contributed by atoms with E-state index in [0.29, 0.717) is 5.56 Å². The van der Waals surface area contributed by atoms with E-state index >= 15 is 0 Å². The third-order valence-electron chi connectivity index (χ3n) is 4.47. The largest absolute Gasteiger partial charge is 0.507 e. The zero-order chi connectivity index (χ0) is 17.0. The Kier molecular flexibility index (Phi) is 5.64. The third kappa shape index (κ3) is 4.03. The summed E-state index contributed by atoms with van der Waals surface area (Å²) < 4.78 is 5.28. The Morgan fingerprint density at radius 3 is 2.35 bits per heavy atom. The van der Waals surface area contributed by atoms with Crippen LogP contribution in [0.5, 0.6) is 5.75 Å². The average molecular weight is 319 g/mol. The van der Waals surface area contributed by atoms with E-state index in [0.717, 1.165) is 44.3 Å². The second kappa shape index (κ2) is 7.49. The lowest BCUT2D eigenvalue weighted by molar-refractivity contribution is -0.139. The molecule has 1 atom stereocenters. The van der Waals surface area contributed by atoms with E-state index in [9.17, 15) is 14.7 Å². The maximum atomic E-state index is 12.4. The van der Waals surface area contributed by atoms with Gasteiger partial charge in [-0.1, -0.05) is 18.9 Å². The normalized spacial score (nSPS) is 16.6. The number of ether oxygens (including phenoxy) is 1. The smallest absolute Gasteiger partial charge is 0.342 e. The molecule has 1 amide bonds. The number of aromatic hydroxyl groups is 1. The van der Waals surface area contributed by atoms with E-state index < -0.39 is 12.1 Å². The van der Waals surface area contributed by atoms with Crippen molar-refractivity contribution in [1.29, 1.82) is 0 Å². The Morgan fingerprint density at radius 2 is 1.74 bits per heavy atom. The number of aryl methyl sites for hydroxylation is 1. The summed E-state index contributed by atoms with van der Waals surface area (Å²) in [5, 5.41) is 10.1. The lowest BCUT2D eigenvalue weighted by Crippen LogP contribution is -2.40. The van der Waals surface area contributed by atoms with Crippen molar-refractivity contribution in [3.63, 3.8) is 0 Å². The van der Waals surface area contributed by atoms with Crippen LogP contribution in [0.3, 0.4) is 0 Å². The number of hydrogen-bond acceptors (Lipinski definition) is 4. The summed E-state index contributed by atoms with van der Waals surface area (Å²) in [5.74, 6) is -0.908. The van der Waals surface area contributed by atoms with Gasteiger partial charge in [-0.15, -0.1) is 0 Å². The Balaban J connectivity index is 2.04. The zero-order valence-electron chi connectivity index (χ0n) is 14.1. The van der Waals surface area contributed by atoms with Gasteiger partial charge in [-0.3, -0.25) is 4.79 Å². The van der Waals surface area contributed by atoms with E-state index in [4.69, 9.17) is 4.74 Å². The SMILES string of the molecule is Cc1ccc(C(=O)OC(C)C(=O)N2CCCCCC2)c(O)c1C. The lowest BCUT2D eigenvalue weighted by Gasteiger charge is -2.24. The molecule has 5 nitrogen and oxygen atoms in total. The van der Waals surface area contributed by atoms with Crippen LogP contribution in [0.4, 0.5) is 0 Å². The molecule has 2 rings (SSSR count). The molecule has 126 valence electrons. The van der Waals surface area contributed by atoms with E-state index in [1.54, 1.807) is 24.8 Å². The predicted molar refractivity (Wildman–Crippen MR) is 87.5 cm³/mol. The maximum absolute atomic E-state index is 12.4. The Labute approximate surface area is 137 Å². The first-order valence-corrected chi connectivity index (χ1v) is 8.20. The van der Waals surface area contributed by atoms with Crippen molar-refractivity contribution < 1.29 is 19.4 Å². The van der Waals surface area contributed by atoms with E-state index in [1.165, 1.54) is 6.07 Å². The summed E-state index contributed by atoms with van der Waals surface area (Å²) in [6.45, 7) is 6.62.